The number of hydrogen-bond acceptors (Lipinski definition) is 2. The number of halogens is 1. The van der Waals surface area contributed by atoms with Gasteiger partial charge in [0.1, 0.15) is 0 Å². The average Bonchev–Trinajstić information content (AvgIpc) is 2.67. The Labute approximate surface area is 176 Å². The zero-order valence-electron chi connectivity index (χ0n) is 17.9. The quantitative estimate of drug-likeness (QED) is 0.420. The highest BCUT2D eigenvalue weighted by Gasteiger charge is 2.13. The molecule has 2 aromatic rings. The molecular formula is C25H35ClN2. The molecule has 28 heavy (non-hydrogen) atoms. The van der Waals surface area contributed by atoms with Crippen molar-refractivity contribution in [2.75, 3.05) is 25.5 Å². The third-order valence-corrected chi connectivity index (χ3v) is 5.64. The highest BCUT2D eigenvalue weighted by atomic mass is 35.5. The molecule has 0 aliphatic heterocycles. The lowest BCUT2D eigenvalue weighted by molar-refractivity contribution is 0.298. The van der Waals surface area contributed by atoms with Crippen LogP contribution in [-0.4, -0.2) is 25.0 Å². The lowest BCUT2D eigenvalue weighted by Gasteiger charge is -2.22. The molecule has 0 heterocycles. The number of benzene rings is 2. The zero-order chi connectivity index (χ0) is 20.5. The van der Waals surface area contributed by atoms with Gasteiger partial charge in [-0.3, -0.25) is 0 Å². The molecule has 0 saturated heterocycles. The second kappa shape index (κ2) is 11.3. The van der Waals surface area contributed by atoms with Gasteiger partial charge in [0.2, 0.25) is 0 Å². The Balaban J connectivity index is 2.08. The monoisotopic (exact) mass is 398 g/mol. The van der Waals surface area contributed by atoms with Crippen LogP contribution >= 0.6 is 11.6 Å². The van der Waals surface area contributed by atoms with E-state index in [1.807, 2.05) is 18.2 Å². The third kappa shape index (κ3) is 6.68. The van der Waals surface area contributed by atoms with Gasteiger partial charge in [-0.1, -0.05) is 56.6 Å². The number of allylic oxidation sites excluding steroid dienone is 1. The molecule has 2 aromatic carbocycles. The minimum atomic E-state index is 0.664. The summed E-state index contributed by atoms with van der Waals surface area (Å²) in [5.41, 5.74) is 5.74. The molecule has 1 atom stereocenters. The van der Waals surface area contributed by atoms with Gasteiger partial charge in [-0.25, -0.2) is 0 Å². The molecular weight excluding hydrogens is 364 g/mol. The Hall–Kier alpha value is -1.77. The summed E-state index contributed by atoms with van der Waals surface area (Å²) >= 11 is 6.10. The van der Waals surface area contributed by atoms with E-state index in [0.717, 1.165) is 34.9 Å². The fraction of sp³-hybridized carbons (Fsp3) is 0.440. The summed E-state index contributed by atoms with van der Waals surface area (Å²) in [6.45, 7) is 13.4. The van der Waals surface area contributed by atoms with E-state index in [2.05, 4.69) is 68.9 Å². The van der Waals surface area contributed by atoms with Crippen LogP contribution in [0.5, 0.6) is 0 Å². The molecule has 2 nitrogen and oxygen atoms in total. The summed E-state index contributed by atoms with van der Waals surface area (Å²) in [5.74, 6) is 0.664. The van der Waals surface area contributed by atoms with Gasteiger partial charge >= 0.3 is 0 Å². The van der Waals surface area contributed by atoms with Crippen LogP contribution in [0.15, 0.2) is 49.0 Å². The number of para-hydroxylation sites is 1. The maximum absolute atomic E-state index is 6.10. The van der Waals surface area contributed by atoms with Crippen LogP contribution in [0.1, 0.15) is 50.7 Å². The van der Waals surface area contributed by atoms with Crippen molar-refractivity contribution in [3.8, 4) is 0 Å². The second-order valence-corrected chi connectivity index (χ2v) is 8.24. The number of rotatable bonds is 11. The first-order valence-corrected chi connectivity index (χ1v) is 10.8. The fourth-order valence-electron chi connectivity index (χ4n) is 3.62. The van der Waals surface area contributed by atoms with Crippen LogP contribution in [0.25, 0.3) is 5.57 Å². The fourth-order valence-corrected chi connectivity index (χ4v) is 3.84. The summed E-state index contributed by atoms with van der Waals surface area (Å²) in [6.07, 6.45) is 4.65. The Morgan fingerprint density at radius 1 is 1.11 bits per heavy atom. The normalized spacial score (nSPS) is 12.2. The molecule has 2 rings (SSSR count). The van der Waals surface area contributed by atoms with Crippen LogP contribution in [0, 0.1) is 12.8 Å². The van der Waals surface area contributed by atoms with E-state index in [-0.39, 0.29) is 0 Å². The molecule has 0 radical (unpaired) electrons. The number of nitrogens with zero attached hydrogens (tertiary/aromatic N) is 1. The predicted octanol–water partition coefficient (Wildman–Crippen LogP) is 7.55. The summed E-state index contributed by atoms with van der Waals surface area (Å²) in [4.78, 5) is 2.43. The van der Waals surface area contributed by atoms with E-state index in [4.69, 9.17) is 11.6 Å². The van der Waals surface area contributed by atoms with Crippen molar-refractivity contribution in [2.45, 2.75) is 46.5 Å². The molecule has 0 fully saturated rings. The van der Waals surface area contributed by atoms with Crippen molar-refractivity contribution in [1.82, 2.24) is 4.90 Å². The SMILES string of the molecule is C=C(CC(CC)CCN(C)CCC)c1ccccc1Nc1ccc(Cl)cc1C. The molecule has 0 aliphatic rings. The topological polar surface area (TPSA) is 15.3 Å². The highest BCUT2D eigenvalue weighted by Crippen LogP contribution is 2.32. The largest absolute Gasteiger partial charge is 0.355 e. The number of hydrogen-bond donors (Lipinski definition) is 1. The summed E-state index contributed by atoms with van der Waals surface area (Å²) < 4.78 is 0. The van der Waals surface area contributed by atoms with E-state index in [1.54, 1.807) is 0 Å². The predicted molar refractivity (Wildman–Crippen MR) is 126 cm³/mol. The van der Waals surface area contributed by atoms with Crippen LogP contribution in [-0.2, 0) is 0 Å². The Kier molecular flexibility index (Phi) is 9.08. The third-order valence-electron chi connectivity index (χ3n) is 5.40. The van der Waals surface area contributed by atoms with E-state index < -0.39 is 0 Å². The smallest absolute Gasteiger partial charge is 0.0460 e. The lowest BCUT2D eigenvalue weighted by Crippen LogP contribution is -2.22. The van der Waals surface area contributed by atoms with Crippen LogP contribution in [0.2, 0.25) is 5.02 Å². The van der Waals surface area contributed by atoms with E-state index in [0.29, 0.717) is 5.92 Å². The van der Waals surface area contributed by atoms with Gasteiger partial charge in [0.05, 0.1) is 0 Å². The maximum Gasteiger partial charge on any atom is 0.0460 e. The highest BCUT2D eigenvalue weighted by molar-refractivity contribution is 6.30. The van der Waals surface area contributed by atoms with E-state index in [1.165, 1.54) is 36.9 Å². The minimum Gasteiger partial charge on any atom is -0.355 e. The van der Waals surface area contributed by atoms with Crippen molar-refractivity contribution < 1.29 is 0 Å². The van der Waals surface area contributed by atoms with Gasteiger partial charge in [-0.05, 0) is 87.6 Å². The second-order valence-electron chi connectivity index (χ2n) is 7.80. The molecule has 3 heteroatoms. The Morgan fingerprint density at radius 2 is 1.86 bits per heavy atom. The maximum atomic E-state index is 6.10. The van der Waals surface area contributed by atoms with Crippen LogP contribution < -0.4 is 5.32 Å². The van der Waals surface area contributed by atoms with Crippen molar-refractivity contribution >= 4 is 28.5 Å². The number of anilines is 2. The standard InChI is InChI=1S/C25H35ClN2/c1-6-15-28(5)16-14-21(7-2)17-19(3)23-10-8-9-11-25(23)27-24-13-12-22(26)18-20(24)4/h8-13,18,21,27H,3,6-7,14-17H2,1-2,4-5H3. The van der Waals surface area contributed by atoms with Gasteiger partial charge in [0.15, 0.2) is 0 Å². The van der Waals surface area contributed by atoms with Crippen molar-refractivity contribution in [2.24, 2.45) is 5.92 Å². The van der Waals surface area contributed by atoms with Gasteiger partial charge in [-0.15, -0.1) is 0 Å². The van der Waals surface area contributed by atoms with Crippen molar-refractivity contribution in [3.63, 3.8) is 0 Å². The molecule has 0 bridgehead atoms. The summed E-state index contributed by atoms with van der Waals surface area (Å²) in [5, 5.41) is 4.34. The minimum absolute atomic E-state index is 0.664. The van der Waals surface area contributed by atoms with Gasteiger partial charge in [-0.2, -0.15) is 0 Å². The average molecular weight is 399 g/mol. The zero-order valence-corrected chi connectivity index (χ0v) is 18.6. The Bertz CT molecular complexity index is 769. The summed E-state index contributed by atoms with van der Waals surface area (Å²) in [6, 6.07) is 14.4. The molecule has 0 amide bonds. The molecule has 1 unspecified atom stereocenters. The lowest BCUT2D eigenvalue weighted by atomic mass is 9.90. The molecule has 0 saturated carbocycles. The number of nitrogens with one attached hydrogen (secondary N) is 1. The van der Waals surface area contributed by atoms with Crippen molar-refractivity contribution in [3.05, 3.63) is 65.2 Å². The van der Waals surface area contributed by atoms with Crippen LogP contribution in [0.3, 0.4) is 0 Å². The number of aryl methyl sites for hydroxylation is 1. The van der Waals surface area contributed by atoms with E-state index >= 15 is 0 Å². The molecule has 152 valence electrons. The molecule has 0 aromatic heterocycles. The van der Waals surface area contributed by atoms with Crippen molar-refractivity contribution in [1.29, 1.82) is 0 Å². The van der Waals surface area contributed by atoms with Gasteiger partial charge < -0.3 is 10.2 Å². The first-order valence-electron chi connectivity index (χ1n) is 10.4. The Morgan fingerprint density at radius 3 is 2.54 bits per heavy atom. The van der Waals surface area contributed by atoms with Gasteiger partial charge in [0.25, 0.3) is 0 Å². The van der Waals surface area contributed by atoms with Crippen LogP contribution in [0.4, 0.5) is 11.4 Å². The molecule has 1 N–H and O–H groups in total. The first-order chi connectivity index (χ1) is 13.4. The molecule has 0 aliphatic carbocycles. The first kappa shape index (κ1) is 22.5. The summed E-state index contributed by atoms with van der Waals surface area (Å²) in [7, 11) is 2.22. The molecule has 0 spiro atoms. The van der Waals surface area contributed by atoms with Gasteiger partial charge in [0, 0.05) is 22.0 Å². The van der Waals surface area contributed by atoms with E-state index in [9.17, 15) is 0 Å².